The van der Waals surface area contributed by atoms with Crippen LogP contribution >= 0.6 is 11.3 Å². The van der Waals surface area contributed by atoms with Crippen LogP contribution in [0.4, 0.5) is 16.2 Å². The first-order valence-electron chi connectivity index (χ1n) is 12.3. The zero-order chi connectivity index (χ0) is 26.3. The third kappa shape index (κ3) is 5.15. The highest BCUT2D eigenvalue weighted by Crippen LogP contribution is 2.38. The normalized spacial score (nSPS) is 17.9. The molecule has 2 atom stereocenters. The Bertz CT molecular complexity index is 1590. The van der Waals surface area contributed by atoms with Crippen molar-refractivity contribution in [1.82, 2.24) is 19.9 Å². The zero-order valence-corrected chi connectivity index (χ0v) is 22.6. The van der Waals surface area contributed by atoms with Crippen molar-refractivity contribution >= 4 is 43.2 Å². The van der Waals surface area contributed by atoms with Gasteiger partial charge in [-0.25, -0.2) is 22.8 Å². The third-order valence-electron chi connectivity index (χ3n) is 6.86. The van der Waals surface area contributed by atoms with E-state index in [1.54, 1.807) is 24.5 Å². The van der Waals surface area contributed by atoms with E-state index in [0.717, 1.165) is 51.4 Å². The molecular formula is C26H29FN6O2S2. The van der Waals surface area contributed by atoms with Crippen LogP contribution in [0.15, 0.2) is 35.4 Å². The summed E-state index contributed by atoms with van der Waals surface area (Å²) in [5.41, 5.74) is 9.69. The van der Waals surface area contributed by atoms with Gasteiger partial charge in [-0.1, -0.05) is 6.92 Å². The predicted molar refractivity (Wildman–Crippen MR) is 145 cm³/mol. The molecule has 8 nitrogen and oxygen atoms in total. The SMILES string of the molecule is CCc1nccc2sc(-c3c(C)nc(N)nc3NC3CCC(CS(=O)(=O)c4ccc(F)c(C)c4)C3)nc12. The molecule has 194 valence electrons. The molecule has 1 aliphatic rings. The van der Waals surface area contributed by atoms with Gasteiger partial charge >= 0.3 is 0 Å². The lowest BCUT2D eigenvalue weighted by Gasteiger charge is -2.17. The van der Waals surface area contributed by atoms with Gasteiger partial charge in [0.15, 0.2) is 9.84 Å². The van der Waals surface area contributed by atoms with Crippen molar-refractivity contribution in [2.24, 2.45) is 5.92 Å². The number of aromatic nitrogens is 4. The monoisotopic (exact) mass is 540 g/mol. The van der Waals surface area contributed by atoms with Crippen molar-refractivity contribution in [3.05, 3.63) is 53.2 Å². The number of aryl methyl sites for hydroxylation is 3. The van der Waals surface area contributed by atoms with Gasteiger partial charge in [0.1, 0.15) is 22.2 Å². The molecular weight excluding hydrogens is 511 g/mol. The predicted octanol–water partition coefficient (Wildman–Crippen LogP) is 5.10. The van der Waals surface area contributed by atoms with E-state index in [9.17, 15) is 12.8 Å². The number of thiazole rings is 1. The molecule has 0 spiro atoms. The van der Waals surface area contributed by atoms with E-state index in [-0.39, 0.29) is 28.6 Å². The molecule has 0 bridgehead atoms. The van der Waals surface area contributed by atoms with E-state index in [1.807, 2.05) is 13.0 Å². The Balaban J connectivity index is 1.37. The molecule has 3 N–H and O–H groups in total. The molecule has 1 aliphatic carbocycles. The Morgan fingerprint density at radius 3 is 2.73 bits per heavy atom. The molecule has 0 aliphatic heterocycles. The summed E-state index contributed by atoms with van der Waals surface area (Å²) >= 11 is 1.56. The molecule has 2 unspecified atom stereocenters. The molecule has 37 heavy (non-hydrogen) atoms. The second kappa shape index (κ2) is 9.94. The summed E-state index contributed by atoms with van der Waals surface area (Å²) < 4.78 is 40.7. The van der Waals surface area contributed by atoms with E-state index < -0.39 is 15.7 Å². The highest BCUT2D eigenvalue weighted by atomic mass is 32.2. The molecule has 1 aromatic carbocycles. The van der Waals surface area contributed by atoms with Crippen LogP contribution in [0.5, 0.6) is 0 Å². The van der Waals surface area contributed by atoms with Crippen LogP contribution in [0, 0.1) is 25.6 Å². The molecule has 1 saturated carbocycles. The topological polar surface area (TPSA) is 124 Å². The van der Waals surface area contributed by atoms with Crippen molar-refractivity contribution < 1.29 is 12.8 Å². The fourth-order valence-corrected chi connectivity index (χ4v) is 7.82. The standard InChI is InChI=1S/C26H29FN6O2S2/c1-4-20-23-21(9-10-29-20)36-25(32-23)22-15(3)30-26(28)33-24(22)31-17-6-5-16(12-17)13-37(34,35)18-7-8-19(27)14(2)11-18/h7-11,16-17H,4-6,12-13H2,1-3H3,(H3,28,30,31,33). The summed E-state index contributed by atoms with van der Waals surface area (Å²) in [6, 6.07) is 5.96. The quantitative estimate of drug-likeness (QED) is 0.310. The van der Waals surface area contributed by atoms with Gasteiger partial charge in [-0.05, 0) is 75.3 Å². The van der Waals surface area contributed by atoms with Crippen molar-refractivity contribution in [2.75, 3.05) is 16.8 Å². The van der Waals surface area contributed by atoms with Crippen LogP contribution in [0.2, 0.25) is 0 Å². The Labute approximate surface area is 219 Å². The Kier molecular flexibility index (Phi) is 6.84. The number of rotatable bonds is 7. The Morgan fingerprint density at radius 2 is 1.97 bits per heavy atom. The van der Waals surface area contributed by atoms with Gasteiger partial charge in [0.05, 0.1) is 32.3 Å². The fraction of sp³-hybridized carbons (Fsp3) is 0.385. The second-order valence-electron chi connectivity index (χ2n) is 9.58. The maximum Gasteiger partial charge on any atom is 0.222 e. The van der Waals surface area contributed by atoms with Crippen LogP contribution in [-0.2, 0) is 16.3 Å². The summed E-state index contributed by atoms with van der Waals surface area (Å²) in [5, 5.41) is 4.30. The van der Waals surface area contributed by atoms with Gasteiger partial charge in [0.2, 0.25) is 5.95 Å². The first-order valence-corrected chi connectivity index (χ1v) is 14.8. The lowest BCUT2D eigenvalue weighted by atomic mass is 10.1. The van der Waals surface area contributed by atoms with E-state index in [4.69, 9.17) is 10.7 Å². The zero-order valence-electron chi connectivity index (χ0n) is 21.0. The Hall–Kier alpha value is -3.18. The van der Waals surface area contributed by atoms with Crippen molar-refractivity contribution in [3.8, 4) is 10.6 Å². The Morgan fingerprint density at radius 1 is 1.16 bits per heavy atom. The average Bonchev–Trinajstić information content (AvgIpc) is 3.46. The first-order chi connectivity index (χ1) is 17.6. The van der Waals surface area contributed by atoms with Crippen molar-refractivity contribution in [1.29, 1.82) is 0 Å². The van der Waals surface area contributed by atoms with Gasteiger partial charge in [-0.2, -0.15) is 4.98 Å². The third-order valence-corrected chi connectivity index (χ3v) is 9.79. The number of nitrogen functional groups attached to an aromatic ring is 1. The molecule has 0 amide bonds. The highest BCUT2D eigenvalue weighted by molar-refractivity contribution is 7.91. The van der Waals surface area contributed by atoms with Gasteiger partial charge in [0, 0.05) is 12.2 Å². The van der Waals surface area contributed by atoms with Crippen LogP contribution in [0.1, 0.15) is 43.1 Å². The average molecular weight is 541 g/mol. The summed E-state index contributed by atoms with van der Waals surface area (Å²) in [4.78, 5) is 18.4. The number of fused-ring (bicyclic) bond motifs is 1. The van der Waals surface area contributed by atoms with Crippen molar-refractivity contribution in [3.63, 3.8) is 0 Å². The molecule has 11 heteroatoms. The van der Waals surface area contributed by atoms with E-state index in [2.05, 4.69) is 27.2 Å². The number of nitrogens with zero attached hydrogens (tertiary/aromatic N) is 4. The van der Waals surface area contributed by atoms with Gasteiger partial charge in [-0.3, -0.25) is 4.98 Å². The molecule has 1 fully saturated rings. The number of benzene rings is 1. The van der Waals surface area contributed by atoms with Gasteiger partial charge < -0.3 is 11.1 Å². The number of hydrogen-bond acceptors (Lipinski definition) is 9. The molecule has 3 aromatic heterocycles. The fourth-order valence-electron chi connectivity index (χ4n) is 5.00. The minimum atomic E-state index is -3.52. The minimum absolute atomic E-state index is 0.0165. The second-order valence-corrected chi connectivity index (χ2v) is 12.6. The van der Waals surface area contributed by atoms with Gasteiger partial charge in [-0.15, -0.1) is 11.3 Å². The summed E-state index contributed by atoms with van der Waals surface area (Å²) in [5.74, 6) is 0.382. The minimum Gasteiger partial charge on any atom is -0.368 e. The number of anilines is 2. The van der Waals surface area contributed by atoms with Crippen LogP contribution in [0.3, 0.4) is 0 Å². The van der Waals surface area contributed by atoms with E-state index in [0.29, 0.717) is 17.8 Å². The number of pyridine rings is 1. The molecule has 5 rings (SSSR count). The molecule has 0 radical (unpaired) electrons. The lowest BCUT2D eigenvalue weighted by molar-refractivity contribution is 0.555. The largest absolute Gasteiger partial charge is 0.368 e. The summed E-state index contributed by atoms with van der Waals surface area (Å²) in [6.45, 7) is 5.51. The maximum atomic E-state index is 13.6. The summed E-state index contributed by atoms with van der Waals surface area (Å²) in [7, 11) is -3.52. The van der Waals surface area contributed by atoms with Crippen LogP contribution in [0.25, 0.3) is 20.8 Å². The molecule has 4 aromatic rings. The number of halogens is 1. The molecule has 0 saturated heterocycles. The first kappa shape index (κ1) is 25.5. The smallest absolute Gasteiger partial charge is 0.222 e. The van der Waals surface area contributed by atoms with Gasteiger partial charge in [0.25, 0.3) is 0 Å². The number of nitrogens with one attached hydrogen (secondary N) is 1. The van der Waals surface area contributed by atoms with E-state index >= 15 is 0 Å². The lowest BCUT2D eigenvalue weighted by Crippen LogP contribution is -2.20. The van der Waals surface area contributed by atoms with Crippen LogP contribution < -0.4 is 11.1 Å². The van der Waals surface area contributed by atoms with Crippen LogP contribution in [-0.4, -0.2) is 40.1 Å². The maximum absolute atomic E-state index is 13.6. The number of hydrogen-bond donors (Lipinski definition) is 2. The highest BCUT2D eigenvalue weighted by Gasteiger charge is 2.31. The number of nitrogens with two attached hydrogens (primary N) is 1. The summed E-state index contributed by atoms with van der Waals surface area (Å²) in [6.07, 6.45) is 4.82. The van der Waals surface area contributed by atoms with E-state index in [1.165, 1.54) is 18.2 Å². The molecule has 3 heterocycles. The number of sulfone groups is 1. The van der Waals surface area contributed by atoms with Crippen molar-refractivity contribution in [2.45, 2.75) is 57.4 Å².